The van der Waals surface area contributed by atoms with Crippen molar-refractivity contribution in [3.8, 4) is 0 Å². The molecule has 2 heterocycles. The first-order valence-corrected chi connectivity index (χ1v) is 20.3. The maximum atomic E-state index is 14.7. The summed E-state index contributed by atoms with van der Waals surface area (Å²) >= 11 is 3.13. The number of carbonyl (C=O) groups excluding carboxylic acids is 4. The smallest absolute Gasteiger partial charge is 0.337 e. The topological polar surface area (TPSA) is 115 Å². The molecule has 4 aromatic rings. The van der Waals surface area contributed by atoms with Crippen molar-refractivity contribution in [3.05, 3.63) is 130 Å². The predicted octanol–water partition coefficient (Wildman–Crippen LogP) is 7.58. The van der Waals surface area contributed by atoms with E-state index >= 15 is 0 Å². The van der Waals surface area contributed by atoms with Crippen LogP contribution < -0.4 is 10.2 Å². The van der Waals surface area contributed by atoms with Crippen LogP contribution in [0.25, 0.3) is 0 Å². The summed E-state index contributed by atoms with van der Waals surface area (Å²) in [5.74, 6) is -2.07. The van der Waals surface area contributed by atoms with Gasteiger partial charge in [-0.2, -0.15) is 0 Å². The Kier molecular flexibility index (Phi) is 17.8. The van der Waals surface area contributed by atoms with E-state index in [9.17, 15) is 28.0 Å². The first-order valence-electron chi connectivity index (χ1n) is 19.1. The highest BCUT2D eigenvalue weighted by Crippen LogP contribution is 2.23. The van der Waals surface area contributed by atoms with Crippen LogP contribution in [0.5, 0.6) is 0 Å². The number of likely N-dealkylation sites (N-methyl/N-ethyl adjacent to an activating group) is 2. The molecular weight excluding hydrogens is 826 g/mol. The zero-order valence-corrected chi connectivity index (χ0v) is 36.1. The second-order valence-electron chi connectivity index (χ2n) is 14.3. The Balaban J connectivity index is 0.000000216. The molecule has 2 aliphatic heterocycles. The first-order chi connectivity index (χ1) is 28.2. The van der Waals surface area contributed by atoms with Gasteiger partial charge in [0.25, 0.3) is 0 Å². The zero-order chi connectivity index (χ0) is 43.1. The summed E-state index contributed by atoms with van der Waals surface area (Å²) in [7, 11) is 6.62. The maximum Gasteiger partial charge on any atom is 0.337 e. The largest absolute Gasteiger partial charge is 0.465 e. The van der Waals surface area contributed by atoms with Gasteiger partial charge >= 0.3 is 24.0 Å². The summed E-state index contributed by atoms with van der Waals surface area (Å²) < 4.78 is 36.9. The molecule has 1 N–H and O–H groups in total. The molecule has 0 bridgehead atoms. The van der Waals surface area contributed by atoms with Crippen LogP contribution in [0.4, 0.5) is 29.7 Å². The molecule has 2 fully saturated rings. The Morgan fingerprint density at radius 3 is 1.63 bits per heavy atom. The third kappa shape index (κ3) is 13.9. The lowest BCUT2D eigenvalue weighted by atomic mass is 10.1. The molecule has 0 radical (unpaired) electrons. The van der Waals surface area contributed by atoms with Crippen LogP contribution in [0.2, 0.25) is 0 Å². The number of rotatable bonds is 7. The van der Waals surface area contributed by atoms with Crippen molar-refractivity contribution in [1.29, 1.82) is 0 Å². The Labute approximate surface area is 353 Å². The van der Waals surface area contributed by atoms with Gasteiger partial charge in [0.05, 0.1) is 31.9 Å². The summed E-state index contributed by atoms with van der Waals surface area (Å²) in [5, 5.41) is 3.37. The monoisotopic (exact) mass is 878 g/mol. The second-order valence-corrected chi connectivity index (χ2v) is 14.9. The molecule has 59 heavy (non-hydrogen) atoms. The van der Waals surface area contributed by atoms with Crippen molar-refractivity contribution in [3.63, 3.8) is 0 Å². The van der Waals surface area contributed by atoms with Gasteiger partial charge in [-0.05, 0) is 93.2 Å². The Bertz CT molecular complexity index is 2060. The zero-order valence-electron chi connectivity index (χ0n) is 34.5. The molecule has 0 aromatic heterocycles. The van der Waals surface area contributed by atoms with E-state index in [1.807, 2.05) is 74.3 Å². The van der Waals surface area contributed by atoms with Gasteiger partial charge < -0.3 is 34.4 Å². The average molecular weight is 880 g/mol. The van der Waals surface area contributed by atoms with E-state index in [4.69, 9.17) is 0 Å². The number of urea groups is 2. The van der Waals surface area contributed by atoms with Gasteiger partial charge in [-0.3, -0.25) is 4.90 Å². The number of benzene rings is 4. The Morgan fingerprint density at radius 2 is 1.15 bits per heavy atom. The van der Waals surface area contributed by atoms with Crippen LogP contribution in [-0.4, -0.2) is 124 Å². The normalized spacial score (nSPS) is 14.2. The van der Waals surface area contributed by atoms with Crippen LogP contribution in [0.1, 0.15) is 43.0 Å². The van der Waals surface area contributed by atoms with E-state index in [-0.39, 0.29) is 29.7 Å². The Hall–Kier alpha value is -5.38. The molecule has 0 saturated carbocycles. The highest BCUT2D eigenvalue weighted by Gasteiger charge is 2.27. The molecule has 15 heteroatoms. The van der Waals surface area contributed by atoms with Crippen LogP contribution in [0, 0.1) is 25.5 Å². The molecule has 0 aliphatic carbocycles. The standard InChI is InChI=1S/C22H26FN3O3.C13H19N3O.C9H8BrFO2/c1-16-5-4-6-19(13-16)26(22(28)25-11-9-24(2)10-12-25)15-18-8-7-17(14-20(18)23)21(27)29-3;1-11-4-3-5-12(10-11)14-13(17)16-8-6-15(2)7-9-16;1-13-9(12)6-2-3-7(5-10)8(11)4-6/h4-8,13-14H,9-12,15H2,1-3H3;3-5,10H,6-9H2,1-2H3,(H,14,17);2-4H,5H2,1H3. The van der Waals surface area contributed by atoms with Crippen molar-refractivity contribution >= 4 is 51.3 Å². The lowest BCUT2D eigenvalue weighted by Crippen LogP contribution is -2.52. The number of piperazine rings is 2. The van der Waals surface area contributed by atoms with Crippen LogP contribution in [-0.2, 0) is 21.3 Å². The van der Waals surface area contributed by atoms with E-state index in [1.54, 1.807) is 15.9 Å². The van der Waals surface area contributed by atoms with Crippen molar-refractivity contribution < 1.29 is 37.4 Å². The van der Waals surface area contributed by atoms with Crippen LogP contribution in [0.3, 0.4) is 0 Å². The minimum absolute atomic E-state index is 0.00343. The number of methoxy groups -OCH3 is 2. The number of halogens is 3. The molecule has 6 rings (SSSR count). The molecule has 316 valence electrons. The van der Waals surface area contributed by atoms with E-state index in [0.717, 1.165) is 62.1 Å². The molecular formula is C44H53BrF2N6O6. The number of carbonyl (C=O) groups is 4. The number of hydrogen-bond acceptors (Lipinski definition) is 8. The van der Waals surface area contributed by atoms with Gasteiger partial charge in [0.2, 0.25) is 0 Å². The van der Waals surface area contributed by atoms with E-state index in [0.29, 0.717) is 35.2 Å². The number of hydrogen-bond donors (Lipinski definition) is 1. The fraction of sp³-hybridized carbons (Fsp3) is 0.364. The molecule has 2 saturated heterocycles. The lowest BCUT2D eigenvalue weighted by molar-refractivity contribution is 0.0591. The number of anilines is 2. The predicted molar refractivity (Wildman–Crippen MR) is 229 cm³/mol. The summed E-state index contributed by atoms with van der Waals surface area (Å²) in [5.41, 5.74) is 4.97. The van der Waals surface area contributed by atoms with E-state index < -0.39 is 23.6 Å². The fourth-order valence-corrected chi connectivity index (χ4v) is 6.61. The molecule has 0 unspecified atom stereocenters. The number of aryl methyl sites for hydroxylation is 2. The maximum absolute atomic E-state index is 14.7. The van der Waals surface area contributed by atoms with Crippen molar-refractivity contribution in [2.75, 3.05) is 90.9 Å². The molecule has 0 spiro atoms. The minimum Gasteiger partial charge on any atom is -0.465 e. The van der Waals surface area contributed by atoms with Gasteiger partial charge in [0.15, 0.2) is 0 Å². The van der Waals surface area contributed by atoms with Gasteiger partial charge in [0, 0.05) is 74.6 Å². The number of alkyl halides is 1. The molecule has 12 nitrogen and oxygen atoms in total. The molecule has 4 aromatic carbocycles. The van der Waals surface area contributed by atoms with Gasteiger partial charge in [-0.15, -0.1) is 0 Å². The van der Waals surface area contributed by atoms with Gasteiger partial charge in [-0.1, -0.05) is 52.3 Å². The highest BCUT2D eigenvalue weighted by atomic mass is 79.9. The molecule has 0 atom stereocenters. The van der Waals surface area contributed by atoms with E-state index in [2.05, 4.69) is 47.6 Å². The fourth-order valence-electron chi connectivity index (χ4n) is 6.16. The van der Waals surface area contributed by atoms with Crippen LogP contribution in [0.15, 0.2) is 84.9 Å². The van der Waals surface area contributed by atoms with Crippen molar-refractivity contribution in [1.82, 2.24) is 19.6 Å². The average Bonchev–Trinajstić information content (AvgIpc) is 3.23. The van der Waals surface area contributed by atoms with Crippen molar-refractivity contribution in [2.24, 2.45) is 0 Å². The quantitative estimate of drug-likeness (QED) is 0.149. The SMILES string of the molecule is COC(=O)c1ccc(CBr)c(F)c1.COC(=O)c1ccc(CN(C(=O)N2CCN(C)CC2)c2cccc(C)c2)c(F)c1.Cc1cccc(NC(=O)N2CCN(C)CC2)c1. The molecule has 2 aliphatic rings. The molecule has 4 amide bonds. The third-order valence-corrected chi connectivity index (χ3v) is 10.4. The number of esters is 2. The number of amides is 4. The van der Waals surface area contributed by atoms with Crippen LogP contribution >= 0.6 is 15.9 Å². The number of nitrogens with zero attached hydrogens (tertiary/aromatic N) is 5. The number of ether oxygens (including phenoxy) is 2. The van der Waals surface area contributed by atoms with Crippen molar-refractivity contribution in [2.45, 2.75) is 25.7 Å². The second kappa shape index (κ2) is 22.7. The van der Waals surface area contributed by atoms with Gasteiger partial charge in [0.1, 0.15) is 11.6 Å². The third-order valence-electron chi connectivity index (χ3n) is 9.80. The summed E-state index contributed by atoms with van der Waals surface area (Å²) in [6, 6.07) is 23.8. The highest BCUT2D eigenvalue weighted by molar-refractivity contribution is 9.08. The minimum atomic E-state index is -0.598. The first kappa shape index (κ1) is 46.3. The summed E-state index contributed by atoms with van der Waals surface area (Å²) in [6.45, 7) is 10.4. The van der Waals surface area contributed by atoms with Gasteiger partial charge in [-0.25, -0.2) is 28.0 Å². The van der Waals surface area contributed by atoms with E-state index in [1.165, 1.54) is 38.5 Å². The number of nitrogens with one attached hydrogen (secondary N) is 1. The lowest BCUT2D eigenvalue weighted by Gasteiger charge is -2.36. The summed E-state index contributed by atoms with van der Waals surface area (Å²) in [4.78, 5) is 57.5. The Morgan fingerprint density at radius 1 is 0.661 bits per heavy atom. The summed E-state index contributed by atoms with van der Waals surface area (Å²) in [6.07, 6.45) is 0.